The van der Waals surface area contributed by atoms with Crippen LogP contribution in [-0.2, 0) is 19.0 Å². The van der Waals surface area contributed by atoms with Gasteiger partial charge in [0.05, 0.1) is 13.0 Å². The van der Waals surface area contributed by atoms with Crippen molar-refractivity contribution in [2.75, 3.05) is 13.2 Å². The Morgan fingerprint density at radius 2 is 2.10 bits per heavy atom. The molecule has 0 bridgehead atoms. The quantitative estimate of drug-likeness (QED) is 0.663. The zero-order chi connectivity index (χ0) is 15.8. The van der Waals surface area contributed by atoms with Crippen LogP contribution in [0.4, 0.5) is 4.79 Å². The van der Waals surface area contributed by atoms with Gasteiger partial charge in [-0.25, -0.2) is 4.79 Å². The third-order valence-corrected chi connectivity index (χ3v) is 3.40. The van der Waals surface area contributed by atoms with Gasteiger partial charge in [-0.05, 0) is 20.8 Å². The molecule has 0 aromatic carbocycles. The van der Waals surface area contributed by atoms with Gasteiger partial charge in [-0.2, -0.15) is 0 Å². The number of aliphatic carboxylic acids is 1. The first kappa shape index (κ1) is 16.0. The van der Waals surface area contributed by atoms with E-state index in [1.165, 1.54) is 0 Å². The first-order valence-electron chi connectivity index (χ1n) is 6.79. The molecule has 0 saturated carbocycles. The van der Waals surface area contributed by atoms with E-state index in [2.05, 4.69) is 5.32 Å². The monoisotopic (exact) mass is 303 g/mol. The van der Waals surface area contributed by atoms with Crippen molar-refractivity contribution in [1.82, 2.24) is 5.32 Å². The molecule has 2 fully saturated rings. The van der Waals surface area contributed by atoms with Crippen molar-refractivity contribution >= 4 is 12.1 Å². The zero-order valence-electron chi connectivity index (χ0n) is 12.3. The minimum Gasteiger partial charge on any atom is -0.481 e. The van der Waals surface area contributed by atoms with Crippen molar-refractivity contribution in [2.45, 2.75) is 56.7 Å². The molecule has 2 rings (SSSR count). The number of rotatable bonds is 4. The van der Waals surface area contributed by atoms with Gasteiger partial charge in [0.2, 0.25) is 0 Å². The second kappa shape index (κ2) is 5.43. The van der Waals surface area contributed by atoms with Gasteiger partial charge in [0.15, 0.2) is 0 Å². The maximum Gasteiger partial charge on any atom is 0.407 e. The Balaban J connectivity index is 1.88. The lowest BCUT2D eigenvalue weighted by Gasteiger charge is -2.42. The maximum atomic E-state index is 11.6. The summed E-state index contributed by atoms with van der Waals surface area (Å²) in [6.07, 6.45) is -3.22. The number of ether oxygens (including phenoxy) is 3. The van der Waals surface area contributed by atoms with Crippen LogP contribution < -0.4 is 5.32 Å². The van der Waals surface area contributed by atoms with Crippen LogP contribution in [0, 0.1) is 0 Å². The lowest BCUT2D eigenvalue weighted by Crippen LogP contribution is -2.59. The fourth-order valence-electron chi connectivity index (χ4n) is 2.55. The fourth-order valence-corrected chi connectivity index (χ4v) is 2.55. The van der Waals surface area contributed by atoms with Gasteiger partial charge in [0.25, 0.3) is 0 Å². The van der Waals surface area contributed by atoms with Crippen LogP contribution in [0.3, 0.4) is 0 Å². The number of aliphatic hydroxyl groups excluding tert-OH is 1. The highest BCUT2D eigenvalue weighted by atomic mass is 16.6. The van der Waals surface area contributed by atoms with Crippen molar-refractivity contribution < 1.29 is 34.0 Å². The van der Waals surface area contributed by atoms with Crippen LogP contribution in [0.2, 0.25) is 0 Å². The molecule has 8 nitrogen and oxygen atoms in total. The molecular formula is C13H21NO7. The molecule has 0 aromatic rings. The molecule has 0 aliphatic carbocycles. The van der Waals surface area contributed by atoms with Gasteiger partial charge >= 0.3 is 12.1 Å². The van der Waals surface area contributed by atoms with Crippen LogP contribution in [0.1, 0.15) is 27.2 Å². The fraction of sp³-hybridized carbons (Fsp3) is 0.846. The van der Waals surface area contributed by atoms with E-state index >= 15 is 0 Å². The van der Waals surface area contributed by atoms with Crippen molar-refractivity contribution in [1.29, 1.82) is 0 Å². The summed E-state index contributed by atoms with van der Waals surface area (Å²) in [5.74, 6) is -1.02. The van der Waals surface area contributed by atoms with Gasteiger partial charge in [-0.15, -0.1) is 0 Å². The number of carboxylic acids is 1. The Labute approximate surface area is 122 Å². The molecule has 2 aliphatic heterocycles. The second-order valence-electron chi connectivity index (χ2n) is 6.40. The molecule has 3 N–H and O–H groups in total. The van der Waals surface area contributed by atoms with E-state index in [0.717, 1.165) is 0 Å². The number of hydrogen-bond acceptors (Lipinski definition) is 6. The topological polar surface area (TPSA) is 114 Å². The number of carboxylic acid groups (broad SMARTS) is 1. The predicted octanol–water partition coefficient (Wildman–Crippen LogP) is -0.117. The molecule has 1 amide bonds. The number of aliphatic hydroxyl groups is 1. The second-order valence-corrected chi connectivity index (χ2v) is 6.40. The summed E-state index contributed by atoms with van der Waals surface area (Å²) >= 11 is 0. The lowest BCUT2D eigenvalue weighted by molar-refractivity contribution is -0.232. The molecule has 2 heterocycles. The maximum absolute atomic E-state index is 11.6. The van der Waals surface area contributed by atoms with E-state index in [-0.39, 0.29) is 19.6 Å². The summed E-state index contributed by atoms with van der Waals surface area (Å²) < 4.78 is 15.9. The summed E-state index contributed by atoms with van der Waals surface area (Å²) in [7, 11) is 0. The first-order chi connectivity index (χ1) is 9.63. The Morgan fingerprint density at radius 1 is 1.43 bits per heavy atom. The van der Waals surface area contributed by atoms with Gasteiger partial charge in [0.1, 0.15) is 29.5 Å². The molecule has 21 heavy (non-hydrogen) atoms. The van der Waals surface area contributed by atoms with Crippen molar-refractivity contribution in [3.63, 3.8) is 0 Å². The third kappa shape index (κ3) is 3.45. The van der Waals surface area contributed by atoms with Gasteiger partial charge < -0.3 is 29.7 Å². The molecule has 120 valence electrons. The molecule has 0 radical (unpaired) electrons. The minimum atomic E-state index is -1.02. The summed E-state index contributed by atoms with van der Waals surface area (Å²) in [6.45, 7) is 5.37. The summed E-state index contributed by atoms with van der Waals surface area (Å²) in [5, 5.41) is 21.5. The van der Waals surface area contributed by atoms with Crippen molar-refractivity contribution in [3.8, 4) is 0 Å². The van der Waals surface area contributed by atoms with E-state index < -0.39 is 41.6 Å². The molecule has 0 unspecified atom stereocenters. The third-order valence-electron chi connectivity index (χ3n) is 3.40. The van der Waals surface area contributed by atoms with E-state index in [9.17, 15) is 14.7 Å². The van der Waals surface area contributed by atoms with Gasteiger partial charge in [-0.3, -0.25) is 4.79 Å². The van der Waals surface area contributed by atoms with Crippen LogP contribution in [-0.4, -0.2) is 64.9 Å². The minimum absolute atomic E-state index is 0.0251. The van der Waals surface area contributed by atoms with Crippen LogP contribution in [0.25, 0.3) is 0 Å². The SMILES string of the molecule is CC(C)(C)OC(=O)NC[C@@H]1O[C@@]2(CC(=O)O)CO[C@H]2[C@H]1O. The number of hydrogen-bond donors (Lipinski definition) is 3. The lowest BCUT2D eigenvalue weighted by atomic mass is 9.87. The van der Waals surface area contributed by atoms with Crippen LogP contribution >= 0.6 is 0 Å². The van der Waals surface area contributed by atoms with E-state index in [1.807, 2.05) is 0 Å². The normalized spacial score (nSPS) is 34.8. The summed E-state index contributed by atoms with van der Waals surface area (Å²) in [4.78, 5) is 22.4. The smallest absolute Gasteiger partial charge is 0.407 e. The number of fused-ring (bicyclic) bond motifs is 1. The average molecular weight is 303 g/mol. The van der Waals surface area contributed by atoms with E-state index in [4.69, 9.17) is 19.3 Å². The zero-order valence-corrected chi connectivity index (χ0v) is 12.3. The van der Waals surface area contributed by atoms with E-state index in [1.54, 1.807) is 20.8 Å². The Bertz CT molecular complexity index is 433. The van der Waals surface area contributed by atoms with Crippen molar-refractivity contribution in [2.24, 2.45) is 0 Å². The predicted molar refractivity (Wildman–Crippen MR) is 69.8 cm³/mol. The van der Waals surface area contributed by atoms with Gasteiger partial charge in [-0.1, -0.05) is 0 Å². The number of carbonyl (C=O) groups is 2. The number of carbonyl (C=O) groups excluding carboxylic acids is 1. The van der Waals surface area contributed by atoms with Crippen LogP contribution in [0.5, 0.6) is 0 Å². The Hall–Kier alpha value is -1.38. The first-order valence-corrected chi connectivity index (χ1v) is 6.79. The van der Waals surface area contributed by atoms with Crippen LogP contribution in [0.15, 0.2) is 0 Å². The van der Waals surface area contributed by atoms with Crippen molar-refractivity contribution in [3.05, 3.63) is 0 Å². The number of nitrogens with one attached hydrogen (secondary N) is 1. The molecular weight excluding hydrogens is 282 g/mol. The molecule has 4 atom stereocenters. The largest absolute Gasteiger partial charge is 0.481 e. The Morgan fingerprint density at radius 3 is 2.57 bits per heavy atom. The number of amides is 1. The average Bonchev–Trinajstić information content (AvgIpc) is 2.44. The summed E-state index contributed by atoms with van der Waals surface area (Å²) in [6, 6.07) is 0. The molecule has 0 spiro atoms. The highest BCUT2D eigenvalue weighted by Crippen LogP contribution is 2.43. The Kier molecular flexibility index (Phi) is 4.14. The standard InChI is InChI=1S/C13H21NO7/c1-12(2,3)21-11(18)14-5-7-9(17)10-13(20-7,6-19-10)4-8(15)16/h7,9-10,17H,4-6H2,1-3H3,(H,14,18)(H,15,16)/t7-,9-,10-,13-/m0/s1. The molecule has 2 saturated heterocycles. The summed E-state index contributed by atoms with van der Waals surface area (Å²) in [5.41, 5.74) is -1.61. The molecule has 0 aromatic heterocycles. The van der Waals surface area contributed by atoms with Gasteiger partial charge in [0, 0.05) is 6.54 Å². The molecule has 2 aliphatic rings. The number of alkyl carbamates (subject to hydrolysis) is 1. The highest BCUT2D eigenvalue weighted by molar-refractivity contribution is 5.69. The molecule has 8 heteroatoms. The van der Waals surface area contributed by atoms with E-state index in [0.29, 0.717) is 0 Å². The highest BCUT2D eigenvalue weighted by Gasteiger charge is 2.62.